The number of hydrogen-bond acceptors (Lipinski definition) is 4. The van der Waals surface area contributed by atoms with Gasteiger partial charge in [0.25, 0.3) is 0 Å². The third-order valence-electron chi connectivity index (χ3n) is 5.06. The second-order valence-corrected chi connectivity index (χ2v) is 7.40. The Morgan fingerprint density at radius 1 is 0.781 bits per heavy atom. The summed E-state index contributed by atoms with van der Waals surface area (Å²) < 4.78 is 10.4. The van der Waals surface area contributed by atoms with Crippen LogP contribution in [0.1, 0.15) is 16.7 Å². The summed E-state index contributed by atoms with van der Waals surface area (Å²) in [6, 6.07) is 23.7. The van der Waals surface area contributed by atoms with Gasteiger partial charge < -0.3 is 20.1 Å². The largest absolute Gasteiger partial charge is 0.497 e. The zero-order valence-electron chi connectivity index (χ0n) is 18.3. The molecular weight excluding hydrogens is 404 g/mol. The van der Waals surface area contributed by atoms with Crippen molar-refractivity contribution >= 4 is 11.8 Å². The van der Waals surface area contributed by atoms with Gasteiger partial charge in [-0.15, -0.1) is 0 Å². The van der Waals surface area contributed by atoms with E-state index in [0.29, 0.717) is 18.7 Å². The van der Waals surface area contributed by atoms with Crippen LogP contribution in [0.3, 0.4) is 0 Å². The molecule has 166 valence electrons. The average molecular weight is 433 g/mol. The zero-order chi connectivity index (χ0) is 22.8. The van der Waals surface area contributed by atoms with Crippen molar-refractivity contribution in [1.82, 2.24) is 10.6 Å². The number of methoxy groups -OCH3 is 2. The van der Waals surface area contributed by atoms with E-state index in [-0.39, 0.29) is 18.2 Å². The number of rotatable bonds is 10. The van der Waals surface area contributed by atoms with Crippen molar-refractivity contribution in [2.75, 3.05) is 14.2 Å². The number of hydrogen-bond donors (Lipinski definition) is 2. The van der Waals surface area contributed by atoms with E-state index in [1.165, 1.54) is 0 Å². The molecule has 0 radical (unpaired) electrons. The highest BCUT2D eigenvalue weighted by Gasteiger charge is 2.21. The standard InChI is InChI=1S/C26H28N2O4/c1-31-22-13-11-19(12-14-22)17-25(29)28-24(16-21-9-6-10-23(15-21)32-2)26(30)27-18-20-7-4-3-5-8-20/h3-15,24H,16-18H2,1-2H3,(H,27,30)(H,28,29). The molecule has 0 spiro atoms. The summed E-state index contributed by atoms with van der Waals surface area (Å²) in [5, 5.41) is 5.82. The Kier molecular flexibility index (Phi) is 8.26. The maximum absolute atomic E-state index is 13.0. The van der Waals surface area contributed by atoms with Gasteiger partial charge in [-0.05, 0) is 41.0 Å². The van der Waals surface area contributed by atoms with Crippen LogP contribution in [-0.2, 0) is 29.0 Å². The smallest absolute Gasteiger partial charge is 0.243 e. The predicted molar refractivity (Wildman–Crippen MR) is 124 cm³/mol. The fourth-order valence-electron chi connectivity index (χ4n) is 3.33. The first-order valence-corrected chi connectivity index (χ1v) is 10.4. The molecule has 3 aromatic rings. The topological polar surface area (TPSA) is 76.7 Å². The molecule has 32 heavy (non-hydrogen) atoms. The summed E-state index contributed by atoms with van der Waals surface area (Å²) >= 11 is 0. The SMILES string of the molecule is COc1ccc(CC(=O)NC(Cc2cccc(OC)c2)C(=O)NCc2ccccc2)cc1. The molecule has 0 aromatic heterocycles. The Morgan fingerprint density at radius 3 is 2.16 bits per heavy atom. The maximum atomic E-state index is 13.0. The third-order valence-corrected chi connectivity index (χ3v) is 5.06. The lowest BCUT2D eigenvalue weighted by Crippen LogP contribution is -2.48. The molecule has 1 unspecified atom stereocenters. The predicted octanol–water partition coefficient (Wildman–Crippen LogP) is 3.29. The van der Waals surface area contributed by atoms with Gasteiger partial charge in [-0.2, -0.15) is 0 Å². The van der Waals surface area contributed by atoms with Crippen LogP contribution in [0, 0.1) is 0 Å². The fraction of sp³-hybridized carbons (Fsp3) is 0.231. The minimum atomic E-state index is -0.712. The van der Waals surface area contributed by atoms with Gasteiger partial charge >= 0.3 is 0 Å². The van der Waals surface area contributed by atoms with Crippen molar-refractivity contribution in [2.24, 2.45) is 0 Å². The first-order valence-electron chi connectivity index (χ1n) is 10.4. The minimum absolute atomic E-state index is 0.171. The molecule has 2 N–H and O–H groups in total. The summed E-state index contributed by atoms with van der Waals surface area (Å²) in [4.78, 5) is 25.7. The van der Waals surface area contributed by atoms with Crippen molar-refractivity contribution in [3.8, 4) is 11.5 Å². The Labute approximate surface area is 188 Å². The monoisotopic (exact) mass is 432 g/mol. The Bertz CT molecular complexity index is 1020. The van der Waals surface area contributed by atoms with Crippen LogP contribution in [0.15, 0.2) is 78.9 Å². The Hall–Kier alpha value is -3.80. The number of ether oxygens (including phenoxy) is 2. The van der Waals surface area contributed by atoms with Crippen molar-refractivity contribution in [1.29, 1.82) is 0 Å². The molecule has 6 heteroatoms. The second-order valence-electron chi connectivity index (χ2n) is 7.40. The van der Waals surface area contributed by atoms with Gasteiger partial charge in [0.15, 0.2) is 0 Å². The number of carbonyl (C=O) groups is 2. The lowest BCUT2D eigenvalue weighted by Gasteiger charge is -2.19. The van der Waals surface area contributed by atoms with Crippen LogP contribution < -0.4 is 20.1 Å². The molecule has 0 aliphatic carbocycles. The molecule has 0 aliphatic heterocycles. The van der Waals surface area contributed by atoms with Crippen molar-refractivity contribution in [2.45, 2.75) is 25.4 Å². The van der Waals surface area contributed by atoms with Crippen molar-refractivity contribution in [3.05, 3.63) is 95.6 Å². The van der Waals surface area contributed by atoms with Crippen molar-refractivity contribution in [3.63, 3.8) is 0 Å². The third kappa shape index (κ3) is 6.87. The molecule has 3 rings (SSSR count). The number of benzene rings is 3. The van der Waals surface area contributed by atoms with Crippen LogP contribution in [0.5, 0.6) is 11.5 Å². The van der Waals surface area contributed by atoms with Gasteiger partial charge in [0.1, 0.15) is 17.5 Å². The molecule has 2 amide bonds. The van der Waals surface area contributed by atoms with E-state index in [1.807, 2.05) is 78.9 Å². The highest BCUT2D eigenvalue weighted by atomic mass is 16.5. The van der Waals surface area contributed by atoms with Gasteiger partial charge in [0.05, 0.1) is 20.6 Å². The summed E-state index contributed by atoms with van der Waals surface area (Å²) in [6.45, 7) is 0.392. The van der Waals surface area contributed by atoms with E-state index in [4.69, 9.17) is 9.47 Å². The van der Waals surface area contributed by atoms with Gasteiger partial charge in [-0.1, -0.05) is 54.6 Å². The lowest BCUT2D eigenvalue weighted by molar-refractivity contribution is -0.128. The van der Waals surface area contributed by atoms with Gasteiger partial charge in [0, 0.05) is 13.0 Å². The molecule has 1 atom stereocenters. The molecule has 0 heterocycles. The van der Waals surface area contributed by atoms with Crippen LogP contribution in [0.25, 0.3) is 0 Å². The lowest BCUT2D eigenvalue weighted by atomic mass is 10.0. The summed E-state index contributed by atoms with van der Waals surface area (Å²) in [5.41, 5.74) is 2.73. The van der Waals surface area contributed by atoms with Crippen LogP contribution in [-0.4, -0.2) is 32.1 Å². The van der Waals surface area contributed by atoms with Gasteiger partial charge in [-0.25, -0.2) is 0 Å². The molecule has 0 aliphatic rings. The molecule has 0 bridgehead atoms. The van der Waals surface area contributed by atoms with Crippen molar-refractivity contribution < 1.29 is 19.1 Å². The second kappa shape index (κ2) is 11.6. The number of nitrogens with one attached hydrogen (secondary N) is 2. The van der Waals surface area contributed by atoms with E-state index in [9.17, 15) is 9.59 Å². The van der Waals surface area contributed by atoms with E-state index < -0.39 is 6.04 Å². The number of carbonyl (C=O) groups excluding carboxylic acids is 2. The molecule has 6 nitrogen and oxygen atoms in total. The molecule has 3 aromatic carbocycles. The zero-order valence-corrected chi connectivity index (χ0v) is 18.3. The Morgan fingerprint density at radius 2 is 1.47 bits per heavy atom. The maximum Gasteiger partial charge on any atom is 0.243 e. The van der Waals surface area contributed by atoms with E-state index in [1.54, 1.807) is 14.2 Å². The first kappa shape index (κ1) is 22.9. The quantitative estimate of drug-likeness (QED) is 0.516. The van der Waals surface area contributed by atoms with Crippen LogP contribution in [0.2, 0.25) is 0 Å². The molecule has 0 fully saturated rings. The minimum Gasteiger partial charge on any atom is -0.497 e. The van der Waals surface area contributed by atoms with E-state index in [0.717, 1.165) is 22.4 Å². The fourth-order valence-corrected chi connectivity index (χ4v) is 3.33. The summed E-state index contributed by atoms with van der Waals surface area (Å²) in [5.74, 6) is 0.971. The average Bonchev–Trinajstić information content (AvgIpc) is 2.83. The molecular formula is C26H28N2O4. The van der Waals surface area contributed by atoms with E-state index in [2.05, 4.69) is 10.6 Å². The highest BCUT2D eigenvalue weighted by Crippen LogP contribution is 2.15. The van der Waals surface area contributed by atoms with Gasteiger partial charge in [0.2, 0.25) is 11.8 Å². The summed E-state index contributed by atoms with van der Waals surface area (Å²) in [7, 11) is 3.19. The van der Waals surface area contributed by atoms with Gasteiger partial charge in [-0.3, -0.25) is 9.59 Å². The summed E-state index contributed by atoms with van der Waals surface area (Å²) in [6.07, 6.45) is 0.525. The molecule has 0 saturated heterocycles. The van der Waals surface area contributed by atoms with Crippen LogP contribution in [0.4, 0.5) is 0 Å². The van der Waals surface area contributed by atoms with Crippen LogP contribution >= 0.6 is 0 Å². The number of amides is 2. The first-order chi connectivity index (χ1) is 15.6. The normalized spacial score (nSPS) is 11.3. The highest BCUT2D eigenvalue weighted by molar-refractivity contribution is 5.88. The Balaban J connectivity index is 1.69. The molecule has 0 saturated carbocycles. The van der Waals surface area contributed by atoms with E-state index >= 15 is 0 Å².